The molecule has 0 aliphatic heterocycles. The second-order valence-electron chi connectivity index (χ2n) is 2.59. The molecule has 0 unspecified atom stereocenters. The van der Waals surface area contributed by atoms with E-state index < -0.39 is 0 Å². The van der Waals surface area contributed by atoms with Crippen LogP contribution in [0, 0.1) is 0 Å². The van der Waals surface area contributed by atoms with E-state index in [0.29, 0.717) is 6.54 Å². The summed E-state index contributed by atoms with van der Waals surface area (Å²) >= 11 is 0. The highest BCUT2D eigenvalue weighted by Crippen LogP contribution is 1.98. The number of nitrogens with two attached hydrogens (primary N) is 1. The maximum Gasteiger partial charge on any atom is 0.0297 e. The number of allylic oxidation sites excluding steroid dienone is 4. The molecule has 0 aromatic heterocycles. The van der Waals surface area contributed by atoms with E-state index in [4.69, 9.17) is 5.73 Å². The van der Waals surface area contributed by atoms with Crippen molar-refractivity contribution < 1.29 is 0 Å². The van der Waals surface area contributed by atoms with E-state index in [0.717, 1.165) is 12.2 Å². The van der Waals surface area contributed by atoms with Crippen molar-refractivity contribution in [2.75, 3.05) is 20.1 Å². The van der Waals surface area contributed by atoms with Crippen LogP contribution < -0.4 is 5.73 Å². The fourth-order valence-electron chi connectivity index (χ4n) is 0.742. The quantitative estimate of drug-likeness (QED) is 0.627. The van der Waals surface area contributed by atoms with Crippen LogP contribution in [0.25, 0.3) is 0 Å². The molecule has 0 amide bonds. The Morgan fingerprint density at radius 3 is 2.67 bits per heavy atom. The molecule has 12 heavy (non-hydrogen) atoms. The first-order valence-corrected chi connectivity index (χ1v) is 4.11. The molecule has 0 aromatic rings. The van der Waals surface area contributed by atoms with Crippen LogP contribution in [-0.2, 0) is 0 Å². The van der Waals surface area contributed by atoms with Gasteiger partial charge in [-0.05, 0) is 13.0 Å². The third kappa shape index (κ3) is 4.74. The molecule has 0 saturated carbocycles. The molecular weight excluding hydrogens is 148 g/mol. The van der Waals surface area contributed by atoms with Crippen LogP contribution in [0.4, 0.5) is 0 Å². The third-order valence-corrected chi connectivity index (χ3v) is 1.55. The molecule has 68 valence electrons. The second kappa shape index (κ2) is 6.68. The lowest BCUT2D eigenvalue weighted by Gasteiger charge is -2.17. The van der Waals surface area contributed by atoms with Gasteiger partial charge in [-0.3, -0.25) is 0 Å². The van der Waals surface area contributed by atoms with Crippen LogP contribution in [0.3, 0.4) is 0 Å². The Hall–Kier alpha value is -1.02. The summed E-state index contributed by atoms with van der Waals surface area (Å²) in [5.41, 5.74) is 6.39. The zero-order valence-electron chi connectivity index (χ0n) is 7.96. The Labute approximate surface area is 75.1 Å². The van der Waals surface area contributed by atoms with Gasteiger partial charge in [0.2, 0.25) is 0 Å². The third-order valence-electron chi connectivity index (χ3n) is 1.55. The first-order valence-electron chi connectivity index (χ1n) is 4.11. The Morgan fingerprint density at radius 2 is 2.17 bits per heavy atom. The van der Waals surface area contributed by atoms with Crippen molar-refractivity contribution in [3.05, 3.63) is 36.6 Å². The molecule has 0 bridgehead atoms. The molecule has 0 saturated heterocycles. The summed E-state index contributed by atoms with van der Waals surface area (Å²) in [4.78, 5) is 2.03. The van der Waals surface area contributed by atoms with Crippen LogP contribution in [0.5, 0.6) is 0 Å². The smallest absolute Gasteiger partial charge is 0.0297 e. The van der Waals surface area contributed by atoms with Gasteiger partial charge in [-0.25, -0.2) is 0 Å². The summed E-state index contributed by atoms with van der Waals surface area (Å²) in [6.45, 7) is 7.38. The van der Waals surface area contributed by atoms with Gasteiger partial charge in [-0.1, -0.05) is 24.8 Å². The van der Waals surface area contributed by atoms with Crippen LogP contribution in [-0.4, -0.2) is 25.0 Å². The van der Waals surface area contributed by atoms with Crippen LogP contribution in [0.2, 0.25) is 0 Å². The summed E-state index contributed by atoms with van der Waals surface area (Å²) in [5, 5.41) is 0. The van der Waals surface area contributed by atoms with Crippen LogP contribution in [0.15, 0.2) is 36.6 Å². The fourth-order valence-corrected chi connectivity index (χ4v) is 0.742. The van der Waals surface area contributed by atoms with E-state index in [9.17, 15) is 0 Å². The van der Waals surface area contributed by atoms with Crippen molar-refractivity contribution in [3.63, 3.8) is 0 Å². The van der Waals surface area contributed by atoms with E-state index in [-0.39, 0.29) is 0 Å². The zero-order valence-corrected chi connectivity index (χ0v) is 7.96. The zero-order chi connectivity index (χ0) is 9.40. The monoisotopic (exact) mass is 166 g/mol. The van der Waals surface area contributed by atoms with Gasteiger partial charge in [0.05, 0.1) is 0 Å². The molecule has 0 heterocycles. The maximum atomic E-state index is 5.40. The lowest BCUT2D eigenvalue weighted by atomic mass is 10.3. The van der Waals surface area contributed by atoms with Gasteiger partial charge in [0.25, 0.3) is 0 Å². The average Bonchev–Trinajstić information content (AvgIpc) is 2.05. The highest BCUT2D eigenvalue weighted by molar-refractivity contribution is 5.17. The van der Waals surface area contributed by atoms with Crippen molar-refractivity contribution in [1.29, 1.82) is 0 Å². The predicted molar refractivity (Wildman–Crippen MR) is 54.8 cm³/mol. The number of rotatable bonds is 5. The molecule has 2 N–H and O–H groups in total. The van der Waals surface area contributed by atoms with Crippen LogP contribution in [0.1, 0.15) is 6.92 Å². The van der Waals surface area contributed by atoms with Crippen molar-refractivity contribution in [2.45, 2.75) is 6.92 Å². The standard InChI is InChI=1S/C10H18N2/c1-4-5-6-7-10(2)12(3)9-8-11/h4-7H,2,8-9,11H2,1,3H3/b5-4-,7-6-. The minimum Gasteiger partial charge on any atom is -0.374 e. The Bertz CT molecular complexity index is 180. The van der Waals surface area contributed by atoms with E-state index in [2.05, 4.69) is 6.58 Å². The van der Waals surface area contributed by atoms with E-state index in [1.807, 2.05) is 43.2 Å². The Morgan fingerprint density at radius 1 is 1.50 bits per heavy atom. The summed E-state index contributed by atoms with van der Waals surface area (Å²) in [5.74, 6) is 0. The molecule has 2 heteroatoms. The summed E-state index contributed by atoms with van der Waals surface area (Å²) in [6.07, 6.45) is 7.89. The van der Waals surface area contributed by atoms with Gasteiger partial charge in [0.1, 0.15) is 0 Å². The summed E-state index contributed by atoms with van der Waals surface area (Å²) in [6, 6.07) is 0. The molecule has 0 aliphatic rings. The molecule has 2 nitrogen and oxygen atoms in total. The molecule has 0 radical (unpaired) electrons. The molecule has 0 rings (SSSR count). The first kappa shape index (κ1) is 11.0. The number of hydrogen-bond acceptors (Lipinski definition) is 2. The van der Waals surface area contributed by atoms with E-state index >= 15 is 0 Å². The normalized spacial score (nSPS) is 11.2. The average molecular weight is 166 g/mol. The molecular formula is C10H18N2. The van der Waals surface area contributed by atoms with E-state index in [1.165, 1.54) is 0 Å². The minimum atomic E-state index is 0.660. The lowest BCUT2D eigenvalue weighted by Crippen LogP contribution is -2.23. The second-order valence-corrected chi connectivity index (χ2v) is 2.59. The van der Waals surface area contributed by atoms with Crippen molar-refractivity contribution in [3.8, 4) is 0 Å². The van der Waals surface area contributed by atoms with Gasteiger partial charge in [-0.2, -0.15) is 0 Å². The van der Waals surface area contributed by atoms with Gasteiger partial charge in [0.15, 0.2) is 0 Å². The SMILES string of the molecule is C=C(/C=C\C=C/C)N(C)CCN. The molecule has 0 atom stereocenters. The molecule has 0 spiro atoms. The largest absolute Gasteiger partial charge is 0.374 e. The van der Waals surface area contributed by atoms with Gasteiger partial charge in [-0.15, -0.1) is 0 Å². The molecule has 0 fully saturated rings. The van der Waals surface area contributed by atoms with Crippen molar-refractivity contribution in [2.24, 2.45) is 5.73 Å². The topological polar surface area (TPSA) is 29.3 Å². The highest BCUT2D eigenvalue weighted by Gasteiger charge is 1.94. The minimum absolute atomic E-state index is 0.660. The fraction of sp³-hybridized carbons (Fsp3) is 0.400. The van der Waals surface area contributed by atoms with Crippen LogP contribution >= 0.6 is 0 Å². The van der Waals surface area contributed by atoms with Gasteiger partial charge >= 0.3 is 0 Å². The molecule has 0 aromatic carbocycles. The van der Waals surface area contributed by atoms with E-state index in [1.54, 1.807) is 0 Å². The Balaban J connectivity index is 3.85. The Kier molecular flexibility index (Phi) is 6.11. The maximum absolute atomic E-state index is 5.40. The number of nitrogens with zero attached hydrogens (tertiary/aromatic N) is 1. The van der Waals surface area contributed by atoms with Gasteiger partial charge < -0.3 is 10.6 Å². The predicted octanol–water partition coefficient (Wildman–Crippen LogP) is 1.52. The first-order chi connectivity index (χ1) is 5.72. The molecule has 0 aliphatic carbocycles. The highest BCUT2D eigenvalue weighted by atomic mass is 15.1. The number of hydrogen-bond donors (Lipinski definition) is 1. The number of likely N-dealkylation sites (N-methyl/N-ethyl adjacent to an activating group) is 1. The van der Waals surface area contributed by atoms with Crippen molar-refractivity contribution >= 4 is 0 Å². The lowest BCUT2D eigenvalue weighted by molar-refractivity contribution is 0.443. The summed E-state index contributed by atoms with van der Waals surface area (Å²) < 4.78 is 0. The van der Waals surface area contributed by atoms with Gasteiger partial charge in [0, 0.05) is 25.8 Å². The summed E-state index contributed by atoms with van der Waals surface area (Å²) in [7, 11) is 1.98. The van der Waals surface area contributed by atoms with Crippen molar-refractivity contribution in [1.82, 2.24) is 4.90 Å².